The van der Waals surface area contributed by atoms with Crippen molar-refractivity contribution >= 4 is 11.9 Å². The van der Waals surface area contributed by atoms with Gasteiger partial charge < -0.3 is 14.4 Å². The molecule has 146 valence electrons. The number of hydrogen-bond acceptors (Lipinski definition) is 6. The van der Waals surface area contributed by atoms with Crippen LogP contribution in [0.5, 0.6) is 5.75 Å². The van der Waals surface area contributed by atoms with E-state index >= 15 is 0 Å². The number of methoxy groups -OCH3 is 1. The molecule has 0 unspecified atom stereocenters. The number of H-pyrrole nitrogens is 1. The van der Waals surface area contributed by atoms with Crippen molar-refractivity contribution < 1.29 is 14.3 Å². The second-order valence-corrected chi connectivity index (χ2v) is 7.80. The number of anilines is 1. The highest BCUT2D eigenvalue weighted by Crippen LogP contribution is 2.45. The molecule has 0 saturated carbocycles. The first-order valence-corrected chi connectivity index (χ1v) is 9.88. The zero-order valence-electron chi connectivity index (χ0n) is 15.9. The van der Waals surface area contributed by atoms with Crippen molar-refractivity contribution in [2.75, 3.05) is 25.1 Å². The van der Waals surface area contributed by atoms with Crippen molar-refractivity contribution in [3.63, 3.8) is 0 Å². The maximum atomic E-state index is 12.4. The van der Waals surface area contributed by atoms with Crippen LogP contribution in [0, 0.1) is 0 Å². The van der Waals surface area contributed by atoms with Gasteiger partial charge in [0, 0.05) is 37.1 Å². The van der Waals surface area contributed by atoms with Crippen LogP contribution in [0.2, 0.25) is 0 Å². The molecule has 1 aromatic heterocycles. The molecule has 2 aromatic rings. The molecule has 0 atom stereocenters. The van der Waals surface area contributed by atoms with Gasteiger partial charge in [-0.1, -0.05) is 6.07 Å². The number of nitrogens with one attached hydrogen (secondary N) is 1. The second-order valence-electron chi connectivity index (χ2n) is 7.80. The minimum Gasteiger partial charge on any atom is -0.497 e. The van der Waals surface area contributed by atoms with Gasteiger partial charge in [-0.05, 0) is 37.8 Å². The molecule has 1 spiro atoms. The Labute approximate surface area is 162 Å². The number of fused-ring (bicyclic) bond motifs is 3. The molecule has 2 aliphatic heterocycles. The van der Waals surface area contributed by atoms with Crippen LogP contribution in [0.3, 0.4) is 0 Å². The number of carbonyl (C=O) groups is 1. The lowest BCUT2D eigenvalue weighted by Crippen LogP contribution is -2.44. The Morgan fingerprint density at radius 1 is 1.18 bits per heavy atom. The van der Waals surface area contributed by atoms with E-state index < -0.39 is 5.60 Å². The van der Waals surface area contributed by atoms with Crippen LogP contribution in [-0.2, 0) is 23.2 Å². The van der Waals surface area contributed by atoms with Gasteiger partial charge in [0.15, 0.2) is 0 Å². The van der Waals surface area contributed by atoms with E-state index in [4.69, 9.17) is 14.5 Å². The lowest BCUT2D eigenvalue weighted by molar-refractivity contribution is -0.0211. The number of aryl methyl sites for hydroxylation is 1. The molecule has 7 heteroatoms. The van der Waals surface area contributed by atoms with E-state index in [0.717, 1.165) is 42.5 Å². The molecule has 3 aliphatic rings. The molecule has 1 fully saturated rings. The lowest BCUT2D eigenvalue weighted by atomic mass is 9.84. The highest BCUT2D eigenvalue weighted by Gasteiger charge is 2.47. The van der Waals surface area contributed by atoms with Crippen LogP contribution in [0.1, 0.15) is 52.9 Å². The summed E-state index contributed by atoms with van der Waals surface area (Å²) in [5.74, 6) is 1.00. The summed E-state index contributed by atoms with van der Waals surface area (Å²) < 4.78 is 11.1. The highest BCUT2D eigenvalue weighted by atomic mass is 16.6. The van der Waals surface area contributed by atoms with Crippen LogP contribution in [0.25, 0.3) is 0 Å². The minimum absolute atomic E-state index is 0.00952. The largest absolute Gasteiger partial charge is 0.497 e. The van der Waals surface area contributed by atoms with Gasteiger partial charge in [0.2, 0.25) is 5.95 Å². The summed E-state index contributed by atoms with van der Waals surface area (Å²) in [7, 11) is 1.59. The topological polar surface area (TPSA) is 84.5 Å². The number of esters is 1. The molecule has 7 nitrogen and oxygen atoms in total. The number of aromatic nitrogens is 2. The number of benzene rings is 1. The first kappa shape index (κ1) is 17.3. The Hall–Kier alpha value is -2.83. The Bertz CT molecular complexity index is 1010. The van der Waals surface area contributed by atoms with Crippen LogP contribution in [-0.4, -0.2) is 36.1 Å². The van der Waals surface area contributed by atoms with Crippen molar-refractivity contribution in [3.05, 3.63) is 50.9 Å². The van der Waals surface area contributed by atoms with Crippen LogP contribution < -0.4 is 15.2 Å². The van der Waals surface area contributed by atoms with Gasteiger partial charge in [0.25, 0.3) is 5.56 Å². The summed E-state index contributed by atoms with van der Waals surface area (Å²) in [6.45, 7) is 1.33. The third-order valence-corrected chi connectivity index (χ3v) is 6.28. The zero-order valence-corrected chi connectivity index (χ0v) is 15.9. The predicted molar refractivity (Wildman–Crippen MR) is 103 cm³/mol. The van der Waals surface area contributed by atoms with Gasteiger partial charge in [-0.3, -0.25) is 9.78 Å². The van der Waals surface area contributed by atoms with Gasteiger partial charge in [-0.15, -0.1) is 0 Å². The van der Waals surface area contributed by atoms with E-state index in [2.05, 4.69) is 9.88 Å². The maximum absolute atomic E-state index is 12.4. The fourth-order valence-electron chi connectivity index (χ4n) is 4.69. The third-order valence-electron chi connectivity index (χ3n) is 6.28. The molecule has 0 radical (unpaired) electrons. The number of nitrogens with zero attached hydrogens (tertiary/aromatic N) is 2. The molecule has 0 bridgehead atoms. The van der Waals surface area contributed by atoms with Crippen molar-refractivity contribution in [1.82, 2.24) is 9.97 Å². The van der Waals surface area contributed by atoms with Crippen LogP contribution in [0.15, 0.2) is 23.0 Å². The normalized spacial score (nSPS) is 19.9. The summed E-state index contributed by atoms with van der Waals surface area (Å²) in [4.78, 5) is 34.7. The summed E-state index contributed by atoms with van der Waals surface area (Å²) in [6.07, 6.45) is 5.16. The number of aromatic amines is 1. The number of hydrogen-bond donors (Lipinski definition) is 1. The molecule has 3 heterocycles. The average molecular weight is 381 g/mol. The van der Waals surface area contributed by atoms with Gasteiger partial charge in [-0.25, -0.2) is 9.78 Å². The highest BCUT2D eigenvalue weighted by molar-refractivity contribution is 5.95. The fourth-order valence-corrected chi connectivity index (χ4v) is 4.69. The van der Waals surface area contributed by atoms with Gasteiger partial charge >= 0.3 is 5.97 Å². The number of rotatable bonds is 2. The molecule has 1 N–H and O–H groups in total. The Morgan fingerprint density at radius 3 is 2.75 bits per heavy atom. The molecule has 5 rings (SSSR count). The summed E-state index contributed by atoms with van der Waals surface area (Å²) in [5, 5.41) is 0. The Morgan fingerprint density at radius 2 is 1.96 bits per heavy atom. The lowest BCUT2D eigenvalue weighted by Gasteiger charge is -2.39. The summed E-state index contributed by atoms with van der Waals surface area (Å²) >= 11 is 0. The SMILES string of the molecule is COc1ccc2c(c1)C(=O)OC21CCN(c2nc3c(c(=O)[nH]2)CCCC3)CC1. The first-order chi connectivity index (χ1) is 13.6. The Balaban J connectivity index is 1.40. The molecule has 28 heavy (non-hydrogen) atoms. The van der Waals surface area contributed by atoms with E-state index in [9.17, 15) is 9.59 Å². The van der Waals surface area contributed by atoms with Crippen molar-refractivity contribution in [2.45, 2.75) is 44.1 Å². The molecule has 1 saturated heterocycles. The number of ether oxygens (including phenoxy) is 2. The van der Waals surface area contributed by atoms with E-state index in [1.165, 1.54) is 0 Å². The number of piperidine rings is 1. The quantitative estimate of drug-likeness (QED) is 0.804. The standard InChI is InChI=1S/C21H23N3O4/c1-27-13-6-7-16-15(12-13)19(26)28-21(16)8-10-24(11-9-21)20-22-17-5-3-2-4-14(17)18(25)23-20/h6-7,12H,2-5,8-11H2,1H3,(H,22,23,25). The van der Waals surface area contributed by atoms with Crippen molar-refractivity contribution in [2.24, 2.45) is 0 Å². The minimum atomic E-state index is -0.594. The van der Waals surface area contributed by atoms with Crippen LogP contribution in [0.4, 0.5) is 5.95 Å². The zero-order chi connectivity index (χ0) is 19.3. The van der Waals surface area contributed by atoms with E-state index in [1.807, 2.05) is 12.1 Å². The molecular formula is C21H23N3O4. The summed E-state index contributed by atoms with van der Waals surface area (Å²) in [5.41, 5.74) is 2.71. The van der Waals surface area contributed by atoms with Gasteiger partial charge in [0.05, 0.1) is 18.4 Å². The van der Waals surface area contributed by atoms with Crippen LogP contribution >= 0.6 is 0 Å². The third kappa shape index (κ3) is 2.60. The molecule has 0 amide bonds. The second kappa shape index (κ2) is 6.36. The van der Waals surface area contributed by atoms with Gasteiger partial charge in [-0.2, -0.15) is 0 Å². The first-order valence-electron chi connectivity index (χ1n) is 9.88. The molecule has 1 aromatic carbocycles. The van der Waals surface area contributed by atoms with E-state index in [0.29, 0.717) is 43.2 Å². The van der Waals surface area contributed by atoms with Crippen molar-refractivity contribution in [1.29, 1.82) is 0 Å². The smallest absolute Gasteiger partial charge is 0.339 e. The summed E-state index contributed by atoms with van der Waals surface area (Å²) in [6, 6.07) is 5.56. The average Bonchev–Trinajstić information content (AvgIpc) is 2.99. The number of carbonyl (C=O) groups excluding carboxylic acids is 1. The van der Waals surface area contributed by atoms with Crippen molar-refractivity contribution in [3.8, 4) is 5.75 Å². The molecular weight excluding hydrogens is 358 g/mol. The van der Waals surface area contributed by atoms with E-state index in [1.54, 1.807) is 13.2 Å². The monoisotopic (exact) mass is 381 g/mol. The van der Waals surface area contributed by atoms with Gasteiger partial charge in [0.1, 0.15) is 11.4 Å². The van der Waals surface area contributed by atoms with E-state index in [-0.39, 0.29) is 11.5 Å². The maximum Gasteiger partial charge on any atom is 0.339 e. The predicted octanol–water partition coefficient (Wildman–Crippen LogP) is 2.32. The molecule has 1 aliphatic carbocycles. The fraction of sp³-hybridized carbons (Fsp3) is 0.476. The Kier molecular flexibility index (Phi) is 3.92.